The lowest BCUT2D eigenvalue weighted by molar-refractivity contribution is -0.0764. The fourth-order valence-corrected chi connectivity index (χ4v) is 2.98. The molecule has 4 nitrogen and oxygen atoms in total. The number of rotatable bonds is 1. The molecule has 1 fully saturated rings. The zero-order valence-electron chi connectivity index (χ0n) is 12.2. The molecule has 20 heavy (non-hydrogen) atoms. The number of fused-ring (bicyclic) bond motifs is 1. The van der Waals surface area contributed by atoms with Crippen LogP contribution in [0.5, 0.6) is 0 Å². The Kier molecular flexibility index (Phi) is 3.42. The van der Waals surface area contributed by atoms with E-state index in [9.17, 15) is 4.79 Å². The zero-order valence-corrected chi connectivity index (χ0v) is 12.2. The van der Waals surface area contributed by atoms with Gasteiger partial charge in [0.25, 0.3) is 5.91 Å². The van der Waals surface area contributed by atoms with Crippen LogP contribution in [0, 0.1) is 0 Å². The normalized spacial score (nSPS) is 21.0. The molecule has 0 radical (unpaired) electrons. The Hall–Kier alpha value is -1.55. The number of hydrogen-bond donors (Lipinski definition) is 1. The SMILES string of the molecule is CC1(C)CN(C(=O)c2ccc3c(c2)CCCN3)CCO1. The molecule has 1 N–H and O–H groups in total. The third-order valence-electron chi connectivity index (χ3n) is 4.00. The maximum absolute atomic E-state index is 12.6. The number of amides is 1. The summed E-state index contributed by atoms with van der Waals surface area (Å²) < 4.78 is 5.67. The second kappa shape index (κ2) is 5.09. The number of morpholine rings is 1. The fourth-order valence-electron chi connectivity index (χ4n) is 2.98. The van der Waals surface area contributed by atoms with Gasteiger partial charge in [-0.2, -0.15) is 0 Å². The Morgan fingerprint density at radius 1 is 1.40 bits per heavy atom. The number of carbonyl (C=O) groups excluding carboxylic acids is 1. The van der Waals surface area contributed by atoms with Gasteiger partial charge in [0.15, 0.2) is 0 Å². The molecule has 0 atom stereocenters. The second-order valence-corrected chi connectivity index (χ2v) is 6.24. The van der Waals surface area contributed by atoms with Gasteiger partial charge in [0.2, 0.25) is 0 Å². The molecule has 0 bridgehead atoms. The highest BCUT2D eigenvalue weighted by molar-refractivity contribution is 5.95. The van der Waals surface area contributed by atoms with Gasteiger partial charge in [0.05, 0.1) is 12.2 Å². The molecule has 2 aliphatic heterocycles. The topological polar surface area (TPSA) is 41.6 Å². The maximum atomic E-state index is 12.6. The number of hydrogen-bond acceptors (Lipinski definition) is 3. The summed E-state index contributed by atoms with van der Waals surface area (Å²) in [5.74, 6) is 0.120. The average Bonchev–Trinajstić information content (AvgIpc) is 2.45. The predicted molar refractivity (Wildman–Crippen MR) is 79.2 cm³/mol. The summed E-state index contributed by atoms with van der Waals surface area (Å²) in [6.45, 7) is 7.04. The van der Waals surface area contributed by atoms with E-state index in [-0.39, 0.29) is 11.5 Å². The molecule has 0 saturated carbocycles. The molecule has 1 saturated heterocycles. The average molecular weight is 274 g/mol. The summed E-state index contributed by atoms with van der Waals surface area (Å²) in [6.07, 6.45) is 2.19. The van der Waals surface area contributed by atoms with Gasteiger partial charge >= 0.3 is 0 Å². The van der Waals surface area contributed by atoms with Crippen molar-refractivity contribution in [3.05, 3.63) is 29.3 Å². The molecular formula is C16H22N2O2. The van der Waals surface area contributed by atoms with Crippen LogP contribution in [0.1, 0.15) is 36.2 Å². The molecule has 3 rings (SSSR count). The predicted octanol–water partition coefficient (Wildman–Crippen LogP) is 2.30. The van der Waals surface area contributed by atoms with Gasteiger partial charge in [-0.15, -0.1) is 0 Å². The lowest BCUT2D eigenvalue weighted by Gasteiger charge is -2.38. The van der Waals surface area contributed by atoms with Crippen molar-refractivity contribution in [3.63, 3.8) is 0 Å². The highest BCUT2D eigenvalue weighted by Gasteiger charge is 2.30. The molecular weight excluding hydrogens is 252 g/mol. The van der Waals surface area contributed by atoms with Crippen LogP contribution in [0.3, 0.4) is 0 Å². The lowest BCUT2D eigenvalue weighted by Crippen LogP contribution is -2.50. The lowest BCUT2D eigenvalue weighted by atomic mass is 9.99. The quantitative estimate of drug-likeness (QED) is 0.854. The molecule has 1 amide bonds. The van der Waals surface area contributed by atoms with Gasteiger partial charge in [-0.05, 0) is 50.5 Å². The Balaban J connectivity index is 1.80. The van der Waals surface area contributed by atoms with E-state index < -0.39 is 0 Å². The van der Waals surface area contributed by atoms with E-state index in [1.807, 2.05) is 36.9 Å². The van der Waals surface area contributed by atoms with Crippen LogP contribution in [0.15, 0.2) is 18.2 Å². The first-order chi connectivity index (χ1) is 9.55. The highest BCUT2D eigenvalue weighted by atomic mass is 16.5. The van der Waals surface area contributed by atoms with Gasteiger partial charge in [-0.1, -0.05) is 0 Å². The molecule has 108 valence electrons. The monoisotopic (exact) mass is 274 g/mol. The molecule has 0 aliphatic carbocycles. The Morgan fingerprint density at radius 3 is 3.05 bits per heavy atom. The molecule has 1 aromatic carbocycles. The van der Waals surface area contributed by atoms with E-state index >= 15 is 0 Å². The van der Waals surface area contributed by atoms with Crippen molar-refractivity contribution in [2.45, 2.75) is 32.3 Å². The first kappa shape index (κ1) is 13.4. The molecule has 1 aromatic rings. The van der Waals surface area contributed by atoms with E-state index in [1.54, 1.807) is 0 Å². The summed E-state index contributed by atoms with van der Waals surface area (Å²) in [5, 5.41) is 3.38. The Morgan fingerprint density at radius 2 is 2.25 bits per heavy atom. The van der Waals surface area contributed by atoms with Crippen molar-refractivity contribution < 1.29 is 9.53 Å². The number of nitrogens with zero attached hydrogens (tertiary/aromatic N) is 1. The number of ether oxygens (including phenoxy) is 1. The Labute approximate surface area is 120 Å². The van der Waals surface area contributed by atoms with E-state index in [0.29, 0.717) is 19.7 Å². The smallest absolute Gasteiger partial charge is 0.254 e. The highest BCUT2D eigenvalue weighted by Crippen LogP contribution is 2.25. The van der Waals surface area contributed by atoms with Crippen molar-refractivity contribution in [1.82, 2.24) is 4.90 Å². The summed E-state index contributed by atoms with van der Waals surface area (Å²) in [5.41, 5.74) is 2.99. The number of nitrogens with one attached hydrogen (secondary N) is 1. The van der Waals surface area contributed by atoms with Crippen molar-refractivity contribution in [2.75, 3.05) is 31.6 Å². The minimum Gasteiger partial charge on any atom is -0.385 e. The zero-order chi connectivity index (χ0) is 14.2. The Bertz CT molecular complexity index is 525. The number of anilines is 1. The maximum Gasteiger partial charge on any atom is 0.254 e. The van der Waals surface area contributed by atoms with E-state index in [4.69, 9.17) is 4.74 Å². The van der Waals surface area contributed by atoms with Crippen LogP contribution in [0.25, 0.3) is 0 Å². The standard InChI is InChI=1S/C16H22N2O2/c1-16(2)11-18(8-9-20-16)15(19)13-5-6-14-12(10-13)4-3-7-17-14/h5-6,10,17H,3-4,7-9,11H2,1-2H3. The van der Waals surface area contributed by atoms with Crippen LogP contribution in [0.4, 0.5) is 5.69 Å². The number of aryl methyl sites for hydroxylation is 1. The molecule has 0 aromatic heterocycles. The van der Waals surface area contributed by atoms with Crippen molar-refractivity contribution >= 4 is 11.6 Å². The van der Waals surface area contributed by atoms with Crippen LogP contribution in [0.2, 0.25) is 0 Å². The second-order valence-electron chi connectivity index (χ2n) is 6.24. The number of benzene rings is 1. The summed E-state index contributed by atoms with van der Waals surface area (Å²) in [6, 6.07) is 6.02. The van der Waals surface area contributed by atoms with Crippen LogP contribution in [-0.2, 0) is 11.2 Å². The largest absolute Gasteiger partial charge is 0.385 e. The first-order valence-corrected chi connectivity index (χ1v) is 7.35. The molecule has 0 unspecified atom stereocenters. The third-order valence-corrected chi connectivity index (χ3v) is 4.00. The van der Waals surface area contributed by atoms with Crippen LogP contribution >= 0.6 is 0 Å². The van der Waals surface area contributed by atoms with Crippen LogP contribution < -0.4 is 5.32 Å². The van der Waals surface area contributed by atoms with E-state index in [2.05, 4.69) is 5.32 Å². The third kappa shape index (κ3) is 2.66. The molecule has 0 spiro atoms. The van der Waals surface area contributed by atoms with Crippen LogP contribution in [-0.4, -0.2) is 42.6 Å². The minimum absolute atomic E-state index is 0.120. The first-order valence-electron chi connectivity index (χ1n) is 7.35. The summed E-state index contributed by atoms with van der Waals surface area (Å²) in [7, 11) is 0. The number of carbonyl (C=O) groups is 1. The summed E-state index contributed by atoms with van der Waals surface area (Å²) >= 11 is 0. The van der Waals surface area contributed by atoms with Gasteiger partial charge in [0, 0.05) is 30.9 Å². The molecule has 2 aliphatic rings. The van der Waals surface area contributed by atoms with Crippen molar-refractivity contribution in [3.8, 4) is 0 Å². The van der Waals surface area contributed by atoms with Gasteiger partial charge in [-0.25, -0.2) is 0 Å². The minimum atomic E-state index is -0.246. The molecule has 2 heterocycles. The van der Waals surface area contributed by atoms with E-state index in [1.165, 1.54) is 11.3 Å². The molecule has 4 heteroatoms. The van der Waals surface area contributed by atoms with Gasteiger partial charge < -0.3 is 15.0 Å². The van der Waals surface area contributed by atoms with Crippen molar-refractivity contribution in [1.29, 1.82) is 0 Å². The fraction of sp³-hybridized carbons (Fsp3) is 0.562. The van der Waals surface area contributed by atoms with Gasteiger partial charge in [-0.3, -0.25) is 4.79 Å². The summed E-state index contributed by atoms with van der Waals surface area (Å²) in [4.78, 5) is 14.5. The van der Waals surface area contributed by atoms with E-state index in [0.717, 1.165) is 24.9 Å². The van der Waals surface area contributed by atoms with Gasteiger partial charge in [0.1, 0.15) is 0 Å². The van der Waals surface area contributed by atoms with Crippen molar-refractivity contribution in [2.24, 2.45) is 0 Å².